The molecule has 2 aromatic rings. The minimum absolute atomic E-state index is 0.284. The summed E-state index contributed by atoms with van der Waals surface area (Å²) >= 11 is 0. The third kappa shape index (κ3) is 1.28. The smallest absolute Gasteiger partial charge is 0.195 e. The normalized spacial score (nSPS) is 12.1. The molecule has 1 heteroatoms. The zero-order valence-corrected chi connectivity index (χ0v) is 9.27. The molecule has 0 saturated heterocycles. The highest BCUT2D eigenvalue weighted by Gasteiger charge is 2.20. The molecule has 0 atom stereocenters. The van der Waals surface area contributed by atoms with Crippen molar-refractivity contribution in [3.8, 4) is 0 Å². The Balaban J connectivity index is 2.55. The largest absolute Gasteiger partial charge is 0.289 e. The Kier molecular flexibility index (Phi) is 1.99. The minimum Gasteiger partial charge on any atom is -0.289 e. The van der Waals surface area contributed by atoms with E-state index in [1.807, 2.05) is 6.92 Å². The average Bonchev–Trinajstić information content (AvgIpc) is 2.72. The second-order valence-electron chi connectivity index (χ2n) is 4.65. The van der Waals surface area contributed by atoms with Crippen LogP contribution in [0.3, 0.4) is 0 Å². The lowest BCUT2D eigenvalue weighted by Crippen LogP contribution is -1.94. The van der Waals surface area contributed by atoms with Gasteiger partial charge in [0.25, 0.3) is 0 Å². The maximum Gasteiger partial charge on any atom is 0.195 e. The van der Waals surface area contributed by atoms with Crippen LogP contribution in [0.15, 0.2) is 10.9 Å². The summed E-state index contributed by atoms with van der Waals surface area (Å²) in [5.41, 5.74) is 3.97. The molecule has 0 aliphatic rings. The number of aryl methyl sites for hydroxylation is 2. The number of rotatable bonds is 2. The number of benzene rings is 1. The van der Waals surface area contributed by atoms with Crippen molar-refractivity contribution in [2.75, 3.05) is 0 Å². The van der Waals surface area contributed by atoms with Gasteiger partial charge < -0.3 is 0 Å². The van der Waals surface area contributed by atoms with Crippen molar-refractivity contribution >= 4 is 10.8 Å². The number of fused-ring (bicyclic) bond motifs is 1. The first-order chi connectivity index (χ1) is 6.52. The Morgan fingerprint density at radius 3 is 2.43 bits per heavy atom. The van der Waals surface area contributed by atoms with Crippen molar-refractivity contribution in [2.45, 2.75) is 34.1 Å². The molecule has 14 heavy (non-hydrogen) atoms. The van der Waals surface area contributed by atoms with Gasteiger partial charge in [0, 0.05) is 10.8 Å². The van der Waals surface area contributed by atoms with Crippen LogP contribution in [0.25, 0.3) is 10.8 Å². The molecule has 0 aliphatic carbocycles. The highest BCUT2D eigenvalue weighted by Crippen LogP contribution is 2.28. The maximum absolute atomic E-state index is 11.5. The van der Waals surface area contributed by atoms with Crippen LogP contribution in [0.5, 0.6) is 0 Å². The first-order valence-electron chi connectivity index (χ1n) is 5.20. The highest BCUT2D eigenvalue weighted by molar-refractivity contribution is 6.03. The Morgan fingerprint density at radius 2 is 1.86 bits per heavy atom. The molecule has 0 bridgehead atoms. The van der Waals surface area contributed by atoms with Crippen molar-refractivity contribution in [2.24, 2.45) is 5.92 Å². The van der Waals surface area contributed by atoms with Gasteiger partial charge in [0.2, 0.25) is 0 Å². The summed E-state index contributed by atoms with van der Waals surface area (Å²) in [6.07, 6.45) is 1.02. The van der Waals surface area contributed by atoms with E-state index in [0.717, 1.165) is 17.2 Å². The molecule has 0 N–H and O–H groups in total. The molecule has 0 amide bonds. The van der Waals surface area contributed by atoms with Crippen LogP contribution in [0.4, 0.5) is 0 Å². The molecule has 0 aromatic heterocycles. The topological polar surface area (TPSA) is 17.1 Å². The fourth-order valence-corrected chi connectivity index (χ4v) is 2.07. The number of hydrogen-bond acceptors (Lipinski definition) is 1. The van der Waals surface area contributed by atoms with Gasteiger partial charge in [-0.3, -0.25) is 4.79 Å². The van der Waals surface area contributed by atoms with E-state index in [2.05, 4.69) is 26.8 Å². The predicted octanol–water partition coefficient (Wildman–Crippen LogP) is 2.89. The standard InChI is InChI=1S/C13H16O/c1-7(2)5-10-6-8(3)9(4)11-12(10)13(11)14/h6-7H,5H2,1-4H3. The SMILES string of the molecule is Cc1cc(CC(C)C)c2c(=O)c2c1C. The minimum atomic E-state index is 0.284. The molecule has 0 aliphatic heterocycles. The van der Waals surface area contributed by atoms with Crippen molar-refractivity contribution in [3.05, 3.63) is 33.0 Å². The fourth-order valence-electron chi connectivity index (χ4n) is 2.07. The maximum atomic E-state index is 11.5. The van der Waals surface area contributed by atoms with Gasteiger partial charge in [0.15, 0.2) is 5.43 Å². The summed E-state index contributed by atoms with van der Waals surface area (Å²) in [6.45, 7) is 8.51. The second-order valence-corrected chi connectivity index (χ2v) is 4.65. The summed E-state index contributed by atoms with van der Waals surface area (Å²) < 4.78 is 0. The van der Waals surface area contributed by atoms with Crippen LogP contribution in [0.2, 0.25) is 0 Å². The summed E-state index contributed by atoms with van der Waals surface area (Å²) in [7, 11) is 0. The summed E-state index contributed by atoms with van der Waals surface area (Å²) in [5, 5.41) is 2.02. The highest BCUT2D eigenvalue weighted by atomic mass is 16.1. The van der Waals surface area contributed by atoms with Gasteiger partial charge in [-0.2, -0.15) is 0 Å². The molecule has 0 unspecified atom stereocenters. The second kappa shape index (κ2) is 2.94. The molecule has 2 aromatic carbocycles. The van der Waals surface area contributed by atoms with Crippen LogP contribution in [-0.2, 0) is 6.42 Å². The molecular weight excluding hydrogens is 172 g/mol. The lowest BCUT2D eigenvalue weighted by atomic mass is 9.99. The van der Waals surface area contributed by atoms with E-state index in [1.54, 1.807) is 0 Å². The van der Waals surface area contributed by atoms with Crippen LogP contribution in [0, 0.1) is 19.8 Å². The van der Waals surface area contributed by atoms with Crippen LogP contribution in [-0.4, -0.2) is 0 Å². The van der Waals surface area contributed by atoms with Gasteiger partial charge in [0.05, 0.1) is 0 Å². The van der Waals surface area contributed by atoms with E-state index in [1.165, 1.54) is 16.7 Å². The van der Waals surface area contributed by atoms with Crippen molar-refractivity contribution < 1.29 is 0 Å². The van der Waals surface area contributed by atoms with E-state index in [-0.39, 0.29) is 5.43 Å². The lowest BCUT2D eigenvalue weighted by Gasteiger charge is -2.05. The van der Waals surface area contributed by atoms with Gasteiger partial charge in [-0.1, -0.05) is 19.9 Å². The van der Waals surface area contributed by atoms with Crippen LogP contribution in [0.1, 0.15) is 30.5 Å². The molecule has 0 saturated carbocycles. The summed E-state index contributed by atoms with van der Waals surface area (Å²) in [6, 6.07) is 2.18. The molecule has 0 fully saturated rings. The Bertz CT molecular complexity index is 496. The molecule has 74 valence electrons. The quantitative estimate of drug-likeness (QED) is 0.708. The van der Waals surface area contributed by atoms with E-state index in [0.29, 0.717) is 5.92 Å². The number of hydrogen-bond donors (Lipinski definition) is 0. The van der Waals surface area contributed by atoms with E-state index in [4.69, 9.17) is 0 Å². The van der Waals surface area contributed by atoms with E-state index >= 15 is 0 Å². The zero-order valence-electron chi connectivity index (χ0n) is 9.27. The van der Waals surface area contributed by atoms with Crippen molar-refractivity contribution in [1.29, 1.82) is 0 Å². The van der Waals surface area contributed by atoms with Gasteiger partial charge >= 0.3 is 0 Å². The predicted molar refractivity (Wildman–Crippen MR) is 60.6 cm³/mol. The van der Waals surface area contributed by atoms with Gasteiger partial charge in [0.1, 0.15) is 0 Å². The van der Waals surface area contributed by atoms with E-state index < -0.39 is 0 Å². The van der Waals surface area contributed by atoms with Crippen molar-refractivity contribution in [3.63, 3.8) is 0 Å². The Hall–Kier alpha value is -1.11. The van der Waals surface area contributed by atoms with Crippen LogP contribution >= 0.6 is 0 Å². The Morgan fingerprint density at radius 1 is 1.21 bits per heavy atom. The monoisotopic (exact) mass is 188 g/mol. The molecule has 0 spiro atoms. The molecule has 0 heterocycles. The van der Waals surface area contributed by atoms with Gasteiger partial charge in [-0.15, -0.1) is 0 Å². The first-order valence-corrected chi connectivity index (χ1v) is 5.20. The molecule has 2 rings (SSSR count). The fraction of sp³-hybridized carbons (Fsp3) is 0.462. The lowest BCUT2D eigenvalue weighted by molar-refractivity contribution is 0.650. The third-order valence-corrected chi connectivity index (χ3v) is 2.95. The first kappa shape index (κ1) is 9.45. The zero-order chi connectivity index (χ0) is 10.5. The van der Waals surface area contributed by atoms with Gasteiger partial charge in [-0.25, -0.2) is 0 Å². The molecule has 1 nitrogen and oxygen atoms in total. The molecule has 0 radical (unpaired) electrons. The summed E-state index contributed by atoms with van der Waals surface area (Å²) in [4.78, 5) is 11.5. The average molecular weight is 188 g/mol. The Labute approximate surface area is 84.4 Å². The summed E-state index contributed by atoms with van der Waals surface area (Å²) in [5.74, 6) is 0.620. The van der Waals surface area contributed by atoms with Gasteiger partial charge in [-0.05, 0) is 42.9 Å². The third-order valence-electron chi connectivity index (χ3n) is 2.95. The van der Waals surface area contributed by atoms with Crippen LogP contribution < -0.4 is 5.43 Å². The molecular formula is C13H16O. The van der Waals surface area contributed by atoms with E-state index in [9.17, 15) is 4.79 Å². The van der Waals surface area contributed by atoms with Crippen molar-refractivity contribution in [1.82, 2.24) is 0 Å².